The normalized spacial score (nSPS) is 11.4. The summed E-state index contributed by atoms with van der Waals surface area (Å²) in [6.07, 6.45) is 0.442. The van der Waals surface area contributed by atoms with Gasteiger partial charge in [-0.1, -0.05) is 15.9 Å². The van der Waals surface area contributed by atoms with E-state index in [1.807, 2.05) is 19.9 Å². The van der Waals surface area contributed by atoms with Crippen LogP contribution in [0.5, 0.6) is 5.75 Å². The molecule has 0 atom stereocenters. The number of carboxylic acids is 1. The number of carbonyl (C=O) groups is 1. The number of halogens is 1. The van der Waals surface area contributed by atoms with Crippen molar-refractivity contribution in [2.75, 3.05) is 7.11 Å². The van der Waals surface area contributed by atoms with Gasteiger partial charge in [0.2, 0.25) is 0 Å². The molecule has 4 heteroatoms. The van der Waals surface area contributed by atoms with E-state index in [4.69, 9.17) is 4.74 Å². The molecule has 0 aliphatic rings. The number of ether oxygens (including phenoxy) is 1. The Balaban J connectivity index is 3.35. The molecule has 0 aliphatic carbocycles. The lowest BCUT2D eigenvalue weighted by atomic mass is 9.83. The number of benzene rings is 1. The number of aryl methyl sites for hydroxylation is 1. The Kier molecular flexibility index (Phi) is 4.43. The lowest BCUT2D eigenvalue weighted by Gasteiger charge is -2.23. The van der Waals surface area contributed by atoms with Crippen LogP contribution < -0.4 is 4.74 Å². The van der Waals surface area contributed by atoms with Crippen molar-refractivity contribution in [2.24, 2.45) is 5.41 Å². The number of hydrogen-bond acceptors (Lipinski definition) is 2. The molecule has 1 aromatic carbocycles. The second-order valence-corrected chi connectivity index (χ2v) is 6.03. The molecule has 0 aromatic heterocycles. The molecule has 3 nitrogen and oxygen atoms in total. The van der Waals surface area contributed by atoms with Crippen molar-refractivity contribution in [1.82, 2.24) is 0 Å². The number of carboxylic acid groups (broad SMARTS) is 1. The fourth-order valence-electron chi connectivity index (χ4n) is 1.93. The molecule has 100 valence electrons. The van der Waals surface area contributed by atoms with E-state index in [0.29, 0.717) is 6.42 Å². The first-order valence-corrected chi connectivity index (χ1v) is 6.56. The number of rotatable bonds is 4. The van der Waals surface area contributed by atoms with Crippen molar-refractivity contribution in [3.8, 4) is 5.75 Å². The van der Waals surface area contributed by atoms with E-state index in [9.17, 15) is 9.90 Å². The van der Waals surface area contributed by atoms with Gasteiger partial charge in [-0.15, -0.1) is 0 Å². The summed E-state index contributed by atoms with van der Waals surface area (Å²) in [5.74, 6) is -0.0217. The zero-order chi connectivity index (χ0) is 14.1. The minimum atomic E-state index is -0.814. The Morgan fingerprint density at radius 2 is 2.00 bits per heavy atom. The van der Waals surface area contributed by atoms with Crippen LogP contribution in [0.2, 0.25) is 0 Å². The summed E-state index contributed by atoms with van der Waals surface area (Å²) in [6.45, 7) is 7.38. The highest BCUT2D eigenvalue weighted by atomic mass is 79.9. The lowest BCUT2D eigenvalue weighted by Crippen LogP contribution is -2.27. The summed E-state index contributed by atoms with van der Waals surface area (Å²) in [4.78, 5) is 11.3. The molecule has 1 aromatic rings. The Labute approximate surface area is 116 Å². The Hall–Kier alpha value is -1.03. The molecule has 1 rings (SSSR count). The van der Waals surface area contributed by atoms with Gasteiger partial charge >= 0.3 is 5.97 Å². The van der Waals surface area contributed by atoms with Crippen LogP contribution in [0.3, 0.4) is 0 Å². The van der Waals surface area contributed by atoms with Crippen molar-refractivity contribution < 1.29 is 14.6 Å². The average molecular weight is 315 g/mol. The summed E-state index contributed by atoms with van der Waals surface area (Å²) < 4.78 is 6.41. The summed E-state index contributed by atoms with van der Waals surface area (Å²) in [5.41, 5.74) is 2.18. The van der Waals surface area contributed by atoms with Crippen LogP contribution in [0.25, 0.3) is 0 Å². The van der Waals surface area contributed by atoms with Gasteiger partial charge in [-0.2, -0.15) is 0 Å². The molecule has 0 saturated carbocycles. The van der Waals surface area contributed by atoms with E-state index in [0.717, 1.165) is 26.9 Å². The molecule has 0 radical (unpaired) electrons. The monoisotopic (exact) mass is 314 g/mol. The van der Waals surface area contributed by atoms with Gasteiger partial charge in [-0.3, -0.25) is 4.79 Å². The Morgan fingerprint density at radius 3 is 2.44 bits per heavy atom. The molecule has 0 saturated heterocycles. The molecule has 0 fully saturated rings. The van der Waals surface area contributed by atoms with Crippen LogP contribution >= 0.6 is 15.9 Å². The van der Waals surface area contributed by atoms with Crippen molar-refractivity contribution in [3.05, 3.63) is 27.2 Å². The molecule has 1 N–H and O–H groups in total. The van der Waals surface area contributed by atoms with Crippen molar-refractivity contribution in [2.45, 2.75) is 34.1 Å². The van der Waals surface area contributed by atoms with Crippen molar-refractivity contribution in [3.63, 3.8) is 0 Å². The maximum absolute atomic E-state index is 11.3. The predicted molar refractivity (Wildman–Crippen MR) is 75.3 cm³/mol. The highest BCUT2D eigenvalue weighted by Crippen LogP contribution is 2.36. The van der Waals surface area contributed by atoms with Gasteiger partial charge in [0.15, 0.2) is 0 Å². The van der Waals surface area contributed by atoms with E-state index in [-0.39, 0.29) is 0 Å². The maximum atomic E-state index is 11.3. The minimum Gasteiger partial charge on any atom is -0.496 e. The fourth-order valence-corrected chi connectivity index (χ4v) is 2.51. The summed E-state index contributed by atoms with van der Waals surface area (Å²) >= 11 is 3.50. The van der Waals surface area contributed by atoms with Crippen LogP contribution in [0, 0.1) is 19.3 Å². The Bertz CT molecular complexity index is 478. The fraction of sp³-hybridized carbons (Fsp3) is 0.500. The number of aliphatic carboxylic acids is 1. The first-order chi connectivity index (χ1) is 8.20. The first kappa shape index (κ1) is 15.0. The third-order valence-corrected chi connectivity index (χ3v) is 4.01. The van der Waals surface area contributed by atoms with Gasteiger partial charge in [0.05, 0.1) is 12.5 Å². The molecule has 0 bridgehead atoms. The van der Waals surface area contributed by atoms with Crippen LogP contribution in [-0.4, -0.2) is 18.2 Å². The molecule has 0 amide bonds. The van der Waals surface area contributed by atoms with Gasteiger partial charge < -0.3 is 9.84 Å². The summed E-state index contributed by atoms with van der Waals surface area (Å²) in [5, 5.41) is 9.24. The quantitative estimate of drug-likeness (QED) is 0.921. The zero-order valence-electron chi connectivity index (χ0n) is 11.4. The van der Waals surface area contributed by atoms with Gasteiger partial charge in [0.1, 0.15) is 5.75 Å². The second-order valence-electron chi connectivity index (χ2n) is 5.18. The Morgan fingerprint density at radius 1 is 1.44 bits per heavy atom. The molecule has 18 heavy (non-hydrogen) atoms. The third-order valence-electron chi connectivity index (χ3n) is 3.19. The highest BCUT2D eigenvalue weighted by Gasteiger charge is 2.30. The number of hydrogen-bond donors (Lipinski definition) is 1. The van der Waals surface area contributed by atoms with Gasteiger partial charge in [-0.25, -0.2) is 0 Å². The lowest BCUT2D eigenvalue weighted by molar-refractivity contribution is -0.146. The van der Waals surface area contributed by atoms with Crippen LogP contribution in [0.1, 0.15) is 30.5 Å². The summed E-state index contributed by atoms with van der Waals surface area (Å²) in [7, 11) is 1.62. The van der Waals surface area contributed by atoms with Gasteiger partial charge in [0.25, 0.3) is 0 Å². The van der Waals surface area contributed by atoms with E-state index >= 15 is 0 Å². The molecular formula is C14H19BrO3. The average Bonchev–Trinajstić information content (AvgIpc) is 2.25. The van der Waals surface area contributed by atoms with Crippen LogP contribution in [0.15, 0.2) is 10.5 Å². The highest BCUT2D eigenvalue weighted by molar-refractivity contribution is 9.10. The van der Waals surface area contributed by atoms with Crippen LogP contribution in [-0.2, 0) is 11.2 Å². The summed E-state index contributed by atoms with van der Waals surface area (Å²) in [6, 6.07) is 1.99. The van der Waals surface area contributed by atoms with E-state index in [2.05, 4.69) is 15.9 Å². The van der Waals surface area contributed by atoms with Gasteiger partial charge in [-0.05, 0) is 56.9 Å². The van der Waals surface area contributed by atoms with Crippen molar-refractivity contribution >= 4 is 21.9 Å². The largest absolute Gasteiger partial charge is 0.496 e. The van der Waals surface area contributed by atoms with Crippen molar-refractivity contribution in [1.29, 1.82) is 0 Å². The maximum Gasteiger partial charge on any atom is 0.309 e. The first-order valence-electron chi connectivity index (χ1n) is 5.76. The second kappa shape index (κ2) is 5.31. The predicted octanol–water partition coefficient (Wildman–Crippen LogP) is 3.73. The molecule has 0 spiro atoms. The smallest absolute Gasteiger partial charge is 0.309 e. The van der Waals surface area contributed by atoms with E-state index in [1.165, 1.54) is 0 Å². The van der Waals surface area contributed by atoms with E-state index in [1.54, 1.807) is 21.0 Å². The van der Waals surface area contributed by atoms with Gasteiger partial charge in [0, 0.05) is 4.47 Å². The molecular weight excluding hydrogens is 296 g/mol. The molecule has 0 aliphatic heterocycles. The topological polar surface area (TPSA) is 46.5 Å². The standard InChI is InChI=1S/C14H19BrO3/c1-8-6-11(15)9(2)10(12(8)18-5)7-14(3,4)13(16)17/h6H,7H2,1-5H3,(H,16,17). The van der Waals surface area contributed by atoms with E-state index < -0.39 is 11.4 Å². The van der Waals surface area contributed by atoms with Crippen LogP contribution in [0.4, 0.5) is 0 Å². The SMILES string of the molecule is COc1c(C)cc(Br)c(C)c1CC(C)(C)C(=O)O. The molecule has 0 unspecified atom stereocenters. The number of methoxy groups -OCH3 is 1. The zero-order valence-corrected chi connectivity index (χ0v) is 13.0. The third kappa shape index (κ3) is 2.86. The molecule has 0 heterocycles. The minimum absolute atomic E-state index is 0.442.